The van der Waals surface area contributed by atoms with Crippen molar-refractivity contribution in [3.63, 3.8) is 0 Å². The van der Waals surface area contributed by atoms with Crippen molar-refractivity contribution in [2.45, 2.75) is 58.0 Å². The minimum Gasteiger partial charge on any atom is -0.444 e. The van der Waals surface area contributed by atoms with Gasteiger partial charge in [-0.15, -0.1) is 0 Å². The van der Waals surface area contributed by atoms with Crippen LogP contribution >= 0.6 is 0 Å². The number of anilines is 1. The topological polar surface area (TPSA) is 96.0 Å². The molecule has 0 aromatic carbocycles. The quantitative estimate of drug-likeness (QED) is 0.790. The van der Waals surface area contributed by atoms with Gasteiger partial charge in [0.25, 0.3) is 0 Å². The van der Waals surface area contributed by atoms with Crippen LogP contribution in [0.4, 0.5) is 23.9 Å². The van der Waals surface area contributed by atoms with Crippen molar-refractivity contribution in [2.75, 3.05) is 11.9 Å². The van der Waals surface area contributed by atoms with Crippen LogP contribution in [0.3, 0.4) is 0 Å². The van der Waals surface area contributed by atoms with Gasteiger partial charge in [0, 0.05) is 12.7 Å². The highest BCUT2D eigenvalue weighted by molar-refractivity contribution is 5.69. The molecule has 29 heavy (non-hydrogen) atoms. The van der Waals surface area contributed by atoms with Gasteiger partial charge >= 0.3 is 12.3 Å². The normalized spacial score (nSPS) is 17.9. The molecular weight excluding hydrogens is 389 g/mol. The number of nitrogens with one attached hydrogen (secondary N) is 2. The minimum atomic E-state index is -4.62. The monoisotopic (exact) mass is 412 g/mol. The third-order valence-electron chi connectivity index (χ3n) is 4.27. The maximum Gasteiger partial charge on any atom is 0.420 e. The predicted molar refractivity (Wildman–Crippen MR) is 98.8 cm³/mol. The zero-order valence-electron chi connectivity index (χ0n) is 16.4. The van der Waals surface area contributed by atoms with Crippen LogP contribution in [-0.2, 0) is 10.9 Å². The Morgan fingerprint density at radius 3 is 2.66 bits per heavy atom. The van der Waals surface area contributed by atoms with Gasteiger partial charge in [0.05, 0.1) is 18.2 Å². The van der Waals surface area contributed by atoms with Crippen LogP contribution in [0.5, 0.6) is 0 Å². The van der Waals surface area contributed by atoms with Gasteiger partial charge in [-0.2, -0.15) is 13.2 Å². The second-order valence-corrected chi connectivity index (χ2v) is 7.75. The number of halogens is 3. The first kappa shape index (κ1) is 20.9. The van der Waals surface area contributed by atoms with Gasteiger partial charge in [0.1, 0.15) is 23.0 Å². The minimum absolute atomic E-state index is 0.0111. The molecule has 158 valence electrons. The van der Waals surface area contributed by atoms with Gasteiger partial charge in [-0.25, -0.2) is 19.7 Å². The van der Waals surface area contributed by atoms with Gasteiger partial charge in [0.2, 0.25) is 5.95 Å². The van der Waals surface area contributed by atoms with Gasteiger partial charge < -0.3 is 15.0 Å². The van der Waals surface area contributed by atoms with Gasteiger partial charge in [-0.1, -0.05) is 0 Å². The molecule has 0 aliphatic carbocycles. The lowest BCUT2D eigenvalue weighted by molar-refractivity contribution is -0.137. The summed E-state index contributed by atoms with van der Waals surface area (Å²) in [5.74, 6) is -0.0111. The Morgan fingerprint density at radius 2 is 2.03 bits per heavy atom. The van der Waals surface area contributed by atoms with Crippen LogP contribution in [0.2, 0.25) is 0 Å². The highest BCUT2D eigenvalue weighted by Gasteiger charge is 2.36. The van der Waals surface area contributed by atoms with E-state index in [-0.39, 0.29) is 17.3 Å². The number of aromatic amines is 1. The molecule has 3 rings (SSSR count). The standard InChI is InChI=1S/C18H23F3N6O2/c1-17(2,3)29-16(28)27-7-5-4-6-13(27)25-15-23-8-11(18(19,20)21)14(26-15)12-9-22-10-24-12/h8-10,13H,4-7H2,1-3H3,(H,22,24)(H,23,25,26). The molecule has 11 heteroatoms. The Kier molecular flexibility index (Phi) is 5.67. The third-order valence-corrected chi connectivity index (χ3v) is 4.27. The fraction of sp³-hybridized carbons (Fsp3) is 0.556. The third kappa shape index (κ3) is 5.15. The van der Waals surface area contributed by atoms with Crippen LogP contribution in [0.25, 0.3) is 11.4 Å². The smallest absolute Gasteiger partial charge is 0.420 e. The van der Waals surface area contributed by atoms with E-state index in [0.717, 1.165) is 19.0 Å². The zero-order chi connectivity index (χ0) is 21.2. The number of piperidine rings is 1. The maximum atomic E-state index is 13.4. The van der Waals surface area contributed by atoms with Crippen molar-refractivity contribution >= 4 is 12.0 Å². The summed E-state index contributed by atoms with van der Waals surface area (Å²) < 4.78 is 45.5. The molecule has 2 aromatic heterocycles. The number of likely N-dealkylation sites (tertiary alicyclic amines) is 1. The summed E-state index contributed by atoms with van der Waals surface area (Å²) in [7, 11) is 0. The number of carbonyl (C=O) groups excluding carboxylic acids is 1. The number of imidazole rings is 1. The van der Waals surface area contributed by atoms with E-state index in [0.29, 0.717) is 13.0 Å². The highest BCUT2D eigenvalue weighted by atomic mass is 19.4. The van der Waals surface area contributed by atoms with Crippen LogP contribution in [-0.4, -0.2) is 49.2 Å². The van der Waals surface area contributed by atoms with Crippen LogP contribution in [0.1, 0.15) is 45.6 Å². The number of amides is 1. The molecule has 1 amide bonds. The zero-order valence-corrected chi connectivity index (χ0v) is 16.4. The molecule has 0 bridgehead atoms. The molecule has 0 spiro atoms. The Balaban J connectivity index is 1.86. The number of alkyl halides is 3. The fourth-order valence-electron chi connectivity index (χ4n) is 3.02. The van der Waals surface area contributed by atoms with E-state index in [2.05, 4.69) is 25.3 Å². The first-order valence-electron chi connectivity index (χ1n) is 9.24. The van der Waals surface area contributed by atoms with Crippen LogP contribution in [0, 0.1) is 0 Å². The predicted octanol–water partition coefficient (Wildman–Crippen LogP) is 4.04. The number of ether oxygens (including phenoxy) is 1. The lowest BCUT2D eigenvalue weighted by Gasteiger charge is -2.37. The Morgan fingerprint density at radius 1 is 1.28 bits per heavy atom. The highest BCUT2D eigenvalue weighted by Crippen LogP contribution is 2.35. The number of nitrogens with zero attached hydrogens (tertiary/aromatic N) is 4. The second kappa shape index (κ2) is 7.88. The molecular formula is C18H23F3N6O2. The first-order valence-corrected chi connectivity index (χ1v) is 9.24. The molecule has 2 aromatic rings. The molecule has 1 saturated heterocycles. The molecule has 0 saturated carbocycles. The van der Waals surface area contributed by atoms with Crippen molar-refractivity contribution in [3.05, 3.63) is 24.3 Å². The van der Waals surface area contributed by atoms with Crippen molar-refractivity contribution in [1.29, 1.82) is 0 Å². The number of aromatic nitrogens is 4. The molecule has 1 aliphatic heterocycles. The van der Waals surface area contributed by atoms with E-state index >= 15 is 0 Å². The number of rotatable bonds is 3. The largest absolute Gasteiger partial charge is 0.444 e. The summed E-state index contributed by atoms with van der Waals surface area (Å²) >= 11 is 0. The lowest BCUT2D eigenvalue weighted by atomic mass is 10.1. The molecule has 1 unspecified atom stereocenters. The maximum absolute atomic E-state index is 13.4. The van der Waals surface area contributed by atoms with Crippen molar-refractivity contribution in [3.8, 4) is 11.4 Å². The second-order valence-electron chi connectivity index (χ2n) is 7.75. The van der Waals surface area contributed by atoms with Crippen molar-refractivity contribution in [2.24, 2.45) is 0 Å². The summed E-state index contributed by atoms with van der Waals surface area (Å²) in [4.78, 5) is 28.3. The van der Waals surface area contributed by atoms with Crippen LogP contribution < -0.4 is 5.32 Å². The molecule has 0 radical (unpaired) electrons. The van der Waals surface area contributed by atoms with E-state index in [9.17, 15) is 18.0 Å². The van der Waals surface area contributed by atoms with Crippen LogP contribution in [0.15, 0.2) is 18.7 Å². The summed E-state index contributed by atoms with van der Waals surface area (Å²) in [6.45, 7) is 5.79. The Bertz CT molecular complexity index is 848. The molecule has 2 N–H and O–H groups in total. The summed E-state index contributed by atoms with van der Waals surface area (Å²) in [6, 6.07) is 0. The average molecular weight is 412 g/mol. The van der Waals surface area contributed by atoms with Crippen molar-refractivity contribution in [1.82, 2.24) is 24.8 Å². The van der Waals surface area contributed by atoms with E-state index in [1.807, 2.05) is 0 Å². The van der Waals surface area contributed by atoms with E-state index < -0.39 is 29.6 Å². The first-order chi connectivity index (χ1) is 13.5. The fourth-order valence-corrected chi connectivity index (χ4v) is 3.02. The number of hydrogen-bond acceptors (Lipinski definition) is 6. The SMILES string of the molecule is CC(C)(C)OC(=O)N1CCCCC1Nc1ncc(C(F)(F)F)c(-c2cnc[nH]2)n1. The summed E-state index contributed by atoms with van der Waals surface area (Å²) in [5, 5.41) is 2.98. The molecule has 3 heterocycles. The molecule has 1 atom stereocenters. The summed E-state index contributed by atoms with van der Waals surface area (Å²) in [5.41, 5.74) is -1.82. The van der Waals surface area contributed by atoms with Crippen molar-refractivity contribution < 1.29 is 22.7 Å². The van der Waals surface area contributed by atoms with Gasteiger partial charge in [-0.3, -0.25) is 4.90 Å². The Hall–Kier alpha value is -2.85. The lowest BCUT2D eigenvalue weighted by Crippen LogP contribution is -2.49. The van der Waals surface area contributed by atoms with Gasteiger partial charge in [0.15, 0.2) is 0 Å². The number of hydrogen-bond donors (Lipinski definition) is 2. The molecule has 8 nitrogen and oxygen atoms in total. The molecule has 1 fully saturated rings. The number of carbonyl (C=O) groups is 1. The Labute approximate surface area is 165 Å². The van der Waals surface area contributed by atoms with Gasteiger partial charge in [-0.05, 0) is 40.0 Å². The number of H-pyrrole nitrogens is 1. The average Bonchev–Trinajstić information content (AvgIpc) is 3.14. The van der Waals surface area contributed by atoms with E-state index in [1.165, 1.54) is 17.4 Å². The van der Waals surface area contributed by atoms with E-state index in [1.54, 1.807) is 20.8 Å². The molecule has 1 aliphatic rings. The van der Waals surface area contributed by atoms with E-state index in [4.69, 9.17) is 4.74 Å². The summed E-state index contributed by atoms with van der Waals surface area (Å²) in [6.07, 6.45) is -0.0669.